The van der Waals surface area contributed by atoms with Gasteiger partial charge in [0.05, 0.1) is 40.5 Å². The maximum Gasteiger partial charge on any atom is 0.433 e. The monoisotopic (exact) mass is 804 g/mol. The van der Waals surface area contributed by atoms with Crippen molar-refractivity contribution in [2.45, 2.75) is 37.3 Å². The van der Waals surface area contributed by atoms with Crippen LogP contribution >= 0.6 is 23.2 Å². The number of rotatable bonds is 7. The van der Waals surface area contributed by atoms with Gasteiger partial charge in [-0.2, -0.15) is 18.2 Å². The smallest absolute Gasteiger partial charge is 0.433 e. The number of pyridine rings is 1. The van der Waals surface area contributed by atoms with E-state index in [2.05, 4.69) is 4.98 Å². The number of carbonyl (C=O) groups is 4. The molecule has 0 spiro atoms. The summed E-state index contributed by atoms with van der Waals surface area (Å²) in [6.07, 6.45) is -3.06. The van der Waals surface area contributed by atoms with Crippen LogP contribution in [-0.2, 0) is 30.8 Å². The lowest BCUT2D eigenvalue weighted by Crippen LogP contribution is -2.53. The minimum atomic E-state index is -4.83. The van der Waals surface area contributed by atoms with Gasteiger partial charge in [-0.15, -0.1) is 0 Å². The normalized spacial score (nSPS) is 25.8. The Morgan fingerprint density at radius 1 is 0.929 bits per heavy atom. The van der Waals surface area contributed by atoms with E-state index in [0.717, 1.165) is 21.0 Å². The van der Waals surface area contributed by atoms with E-state index in [9.17, 15) is 32.7 Å². The zero-order valence-electron chi connectivity index (χ0n) is 29.8. The Labute approximate surface area is 329 Å². The number of phenolic OH excluding ortho intramolecular Hbond substituents is 1. The largest absolute Gasteiger partial charge is 0.504 e. The minimum absolute atomic E-state index is 0.0211. The first-order chi connectivity index (χ1) is 26.7. The van der Waals surface area contributed by atoms with E-state index >= 15 is 4.79 Å². The number of imide groups is 2. The van der Waals surface area contributed by atoms with Crippen LogP contribution in [0.2, 0.25) is 10.0 Å². The molecule has 4 aliphatic rings. The molecule has 0 unspecified atom stereocenters. The van der Waals surface area contributed by atoms with Gasteiger partial charge in [-0.05, 0) is 67.6 Å². The van der Waals surface area contributed by atoms with Gasteiger partial charge in [0, 0.05) is 23.6 Å². The van der Waals surface area contributed by atoms with Crippen LogP contribution in [0.25, 0.3) is 0 Å². The van der Waals surface area contributed by atoms with E-state index in [1.165, 1.54) is 13.1 Å². The summed E-state index contributed by atoms with van der Waals surface area (Å²) in [5.41, 5.74) is -1.34. The van der Waals surface area contributed by atoms with Crippen molar-refractivity contribution in [1.82, 2.24) is 9.99 Å². The molecule has 6 atom stereocenters. The lowest BCUT2D eigenvalue weighted by molar-refractivity contribution is -0.141. The number of carbonyl (C=O) groups excluding carboxylic acids is 4. The van der Waals surface area contributed by atoms with Crippen LogP contribution in [0.15, 0.2) is 96.6 Å². The van der Waals surface area contributed by atoms with Crippen LogP contribution in [-0.4, -0.2) is 52.4 Å². The number of phenols is 1. The van der Waals surface area contributed by atoms with E-state index in [4.69, 9.17) is 27.9 Å². The number of ether oxygens (including phenoxy) is 1. The summed E-state index contributed by atoms with van der Waals surface area (Å²) in [6, 6.07) is 21.8. The summed E-state index contributed by atoms with van der Waals surface area (Å²) in [7, 11) is 1.24. The highest BCUT2D eigenvalue weighted by molar-refractivity contribution is 6.33. The van der Waals surface area contributed by atoms with Crippen molar-refractivity contribution in [2.75, 3.05) is 23.6 Å². The molecule has 3 aromatic carbocycles. The molecule has 1 saturated carbocycles. The molecule has 3 fully saturated rings. The number of halogens is 5. The average Bonchev–Trinajstić information content (AvgIpc) is 3.56. The Bertz CT molecular complexity index is 2340. The van der Waals surface area contributed by atoms with Crippen LogP contribution in [0.4, 0.5) is 24.7 Å². The van der Waals surface area contributed by atoms with Gasteiger partial charge >= 0.3 is 6.18 Å². The molecule has 3 heterocycles. The van der Waals surface area contributed by atoms with Crippen molar-refractivity contribution >= 4 is 58.3 Å². The van der Waals surface area contributed by atoms with Gasteiger partial charge in [0.25, 0.3) is 11.8 Å². The molecule has 2 saturated heterocycles. The SMILES string of the molecule is CCOc1cccc([C@H]2C3=CC[C@@H]4C(=O)N(N(C)c5nc(C(F)(F)F)ccc5Cl)C(=O)[C@@H]4[C@@H]3C[C@H]3C(=O)N(c4cccc(Cl)c4)C(=O)[C@@]23c2ccccc2)c1O. The van der Waals surface area contributed by atoms with Gasteiger partial charge in [0.2, 0.25) is 11.8 Å². The molecule has 15 heteroatoms. The molecular formula is C41H33Cl2F3N4O6. The van der Waals surface area contributed by atoms with Crippen LogP contribution in [0, 0.1) is 23.7 Å². The third kappa shape index (κ3) is 5.49. The fourth-order valence-corrected chi connectivity index (χ4v) is 9.73. The Morgan fingerprint density at radius 2 is 1.66 bits per heavy atom. The topological polar surface area (TPSA) is 120 Å². The van der Waals surface area contributed by atoms with Gasteiger partial charge in [-0.1, -0.05) is 83.4 Å². The molecule has 56 heavy (non-hydrogen) atoms. The minimum Gasteiger partial charge on any atom is -0.504 e. The summed E-state index contributed by atoms with van der Waals surface area (Å²) in [5.74, 6) is -8.13. The van der Waals surface area contributed by atoms with Gasteiger partial charge in [-0.25, -0.2) is 9.88 Å². The number of hydrogen-bond acceptors (Lipinski definition) is 8. The molecule has 0 radical (unpaired) electrons. The molecule has 8 rings (SSSR count). The number of anilines is 2. The molecule has 1 aromatic heterocycles. The standard InChI is InChI=1S/C41H33Cl2F3N4O6/c1-3-56-30-14-8-13-26(34(30)51)33-24-15-16-25-32(38(54)50(36(25)52)48(2)35-29(43)17-18-31(47-35)41(44,45)46)27(24)20-28-37(53)49(23-12-7-11-22(42)19-23)39(55)40(28,33)21-9-5-4-6-10-21/h4-15,17-19,25,27-28,32-33,51H,3,16,20H2,1-2H3/t25-,27+,28-,32-,33+,40+/m0/s1. The maximum atomic E-state index is 15.4. The Balaban J connectivity index is 1.32. The molecule has 4 aromatic rings. The number of aromatic nitrogens is 1. The van der Waals surface area contributed by atoms with Gasteiger partial charge in [0.1, 0.15) is 5.69 Å². The third-order valence-corrected chi connectivity index (χ3v) is 12.0. The van der Waals surface area contributed by atoms with Gasteiger partial charge in [0.15, 0.2) is 17.3 Å². The predicted molar refractivity (Wildman–Crippen MR) is 200 cm³/mol. The van der Waals surface area contributed by atoms with Crippen LogP contribution < -0.4 is 14.6 Å². The highest BCUT2D eigenvalue weighted by Crippen LogP contribution is 2.65. The number of aromatic hydroxyl groups is 1. The second kappa shape index (κ2) is 13.7. The van der Waals surface area contributed by atoms with Crippen molar-refractivity contribution in [3.63, 3.8) is 0 Å². The summed E-state index contributed by atoms with van der Waals surface area (Å²) in [6.45, 7) is 1.97. The fraction of sp³-hybridized carbons (Fsp3) is 0.293. The number of hydrazine groups is 1. The van der Waals surface area contributed by atoms with Crippen LogP contribution in [0.1, 0.15) is 42.5 Å². The first kappa shape index (κ1) is 37.5. The number of para-hydroxylation sites is 1. The number of alkyl halides is 3. The predicted octanol–water partition coefficient (Wildman–Crippen LogP) is 7.73. The lowest BCUT2D eigenvalue weighted by atomic mass is 9.49. The average molecular weight is 806 g/mol. The second-order valence-corrected chi connectivity index (χ2v) is 15.1. The zero-order valence-corrected chi connectivity index (χ0v) is 31.3. The van der Waals surface area contributed by atoms with Crippen LogP contribution in [0.5, 0.6) is 11.5 Å². The Morgan fingerprint density at radius 3 is 2.36 bits per heavy atom. The zero-order chi connectivity index (χ0) is 39.8. The maximum absolute atomic E-state index is 15.4. The summed E-state index contributed by atoms with van der Waals surface area (Å²) in [4.78, 5) is 64.0. The molecule has 10 nitrogen and oxygen atoms in total. The van der Waals surface area contributed by atoms with E-state index in [1.807, 2.05) is 0 Å². The van der Waals surface area contributed by atoms with Crippen molar-refractivity contribution < 1.29 is 42.2 Å². The number of allylic oxidation sites excluding steroid dienone is 2. The molecule has 2 aliphatic heterocycles. The van der Waals surface area contributed by atoms with Crippen molar-refractivity contribution in [2.24, 2.45) is 23.7 Å². The third-order valence-electron chi connectivity index (χ3n) is 11.5. The van der Waals surface area contributed by atoms with Crippen molar-refractivity contribution in [1.29, 1.82) is 0 Å². The highest BCUT2D eigenvalue weighted by atomic mass is 35.5. The first-order valence-electron chi connectivity index (χ1n) is 17.9. The van der Waals surface area contributed by atoms with E-state index in [-0.39, 0.29) is 47.2 Å². The molecule has 288 valence electrons. The molecular weight excluding hydrogens is 772 g/mol. The number of benzene rings is 3. The fourth-order valence-electron chi connectivity index (χ4n) is 9.32. The second-order valence-electron chi connectivity index (χ2n) is 14.2. The first-order valence-corrected chi connectivity index (χ1v) is 18.7. The number of fused-ring (bicyclic) bond motifs is 4. The molecule has 1 N–H and O–H groups in total. The van der Waals surface area contributed by atoms with Gasteiger partial charge in [-0.3, -0.25) is 24.2 Å². The van der Waals surface area contributed by atoms with E-state index < -0.39 is 76.3 Å². The molecule has 2 aliphatic carbocycles. The van der Waals surface area contributed by atoms with Crippen molar-refractivity contribution in [3.8, 4) is 11.5 Å². The van der Waals surface area contributed by atoms with E-state index in [1.54, 1.807) is 79.7 Å². The summed E-state index contributed by atoms with van der Waals surface area (Å²) in [5, 5.41) is 13.7. The Hall–Kier alpha value is -5.40. The number of nitrogens with zero attached hydrogens (tertiary/aromatic N) is 4. The molecule has 0 bridgehead atoms. The number of hydrogen-bond donors (Lipinski definition) is 1. The summed E-state index contributed by atoms with van der Waals surface area (Å²) >= 11 is 12.7. The van der Waals surface area contributed by atoms with Gasteiger partial charge < -0.3 is 9.84 Å². The highest BCUT2D eigenvalue weighted by Gasteiger charge is 2.70. The summed E-state index contributed by atoms with van der Waals surface area (Å²) < 4.78 is 46.9. The lowest BCUT2D eigenvalue weighted by Gasteiger charge is -2.50. The number of amides is 4. The van der Waals surface area contributed by atoms with Crippen molar-refractivity contribution in [3.05, 3.63) is 123 Å². The Kier molecular flexibility index (Phi) is 9.15. The van der Waals surface area contributed by atoms with E-state index in [0.29, 0.717) is 22.2 Å². The molecule has 4 amide bonds. The van der Waals surface area contributed by atoms with Crippen LogP contribution in [0.3, 0.4) is 0 Å². The quantitative estimate of drug-likeness (QED) is 0.149.